The van der Waals surface area contributed by atoms with Crippen LogP contribution in [0.5, 0.6) is 0 Å². The zero-order chi connectivity index (χ0) is 11.0. The van der Waals surface area contributed by atoms with Gasteiger partial charge in [-0.15, -0.1) is 0 Å². The Balaban J connectivity index is 3.68. The topological polar surface area (TPSA) is 60.7 Å². The number of aliphatic hydroxyl groups is 3. The molecule has 0 aromatic rings. The Kier molecular flexibility index (Phi) is 8.14. The van der Waals surface area contributed by atoms with Gasteiger partial charge in [-0.3, -0.25) is 0 Å². The van der Waals surface area contributed by atoms with Gasteiger partial charge in [-0.1, -0.05) is 20.3 Å². The van der Waals surface area contributed by atoms with Crippen LogP contribution in [0.15, 0.2) is 0 Å². The van der Waals surface area contributed by atoms with Gasteiger partial charge in [0.05, 0.1) is 12.2 Å². The van der Waals surface area contributed by atoms with Crippen molar-refractivity contribution >= 4 is 0 Å². The fourth-order valence-electron chi connectivity index (χ4n) is 1.54. The summed E-state index contributed by atoms with van der Waals surface area (Å²) in [7, 11) is 0. The molecule has 0 rings (SSSR count). The Morgan fingerprint density at radius 3 is 2.07 bits per heavy atom. The van der Waals surface area contributed by atoms with Gasteiger partial charge in [0.2, 0.25) is 0 Å². The Morgan fingerprint density at radius 1 is 1.00 bits per heavy atom. The van der Waals surface area contributed by atoms with E-state index in [-0.39, 0.29) is 12.5 Å². The van der Waals surface area contributed by atoms with Crippen molar-refractivity contribution in [3.05, 3.63) is 0 Å². The molecule has 0 aliphatic heterocycles. The van der Waals surface area contributed by atoms with E-state index < -0.39 is 12.2 Å². The van der Waals surface area contributed by atoms with Crippen molar-refractivity contribution in [2.24, 2.45) is 5.92 Å². The predicted octanol–water partition coefficient (Wildman–Crippen LogP) is 1.31. The monoisotopic (exact) mass is 204 g/mol. The fraction of sp³-hybridized carbons (Fsp3) is 1.00. The van der Waals surface area contributed by atoms with Crippen molar-refractivity contribution < 1.29 is 15.3 Å². The molecule has 3 atom stereocenters. The minimum Gasteiger partial charge on any atom is -0.396 e. The van der Waals surface area contributed by atoms with Crippen molar-refractivity contribution in [2.75, 3.05) is 6.61 Å². The molecule has 0 saturated carbocycles. The van der Waals surface area contributed by atoms with Gasteiger partial charge in [0.1, 0.15) is 0 Å². The first-order valence-corrected chi connectivity index (χ1v) is 5.60. The minimum atomic E-state index is -0.442. The molecule has 3 N–H and O–H groups in total. The number of hydrogen-bond acceptors (Lipinski definition) is 3. The summed E-state index contributed by atoms with van der Waals surface area (Å²) in [6, 6.07) is 0. The molecule has 0 aliphatic rings. The molecule has 0 amide bonds. The maximum absolute atomic E-state index is 9.70. The summed E-state index contributed by atoms with van der Waals surface area (Å²) in [4.78, 5) is 0. The van der Waals surface area contributed by atoms with E-state index in [0.717, 1.165) is 25.7 Å². The number of aliphatic hydroxyl groups excluding tert-OH is 3. The maximum Gasteiger partial charge on any atom is 0.0590 e. The molecule has 86 valence electrons. The number of unbranched alkanes of at least 4 members (excludes halogenated alkanes) is 1. The molecule has 0 unspecified atom stereocenters. The van der Waals surface area contributed by atoms with Crippen LogP contribution >= 0.6 is 0 Å². The summed E-state index contributed by atoms with van der Waals surface area (Å²) in [5.41, 5.74) is 0. The average molecular weight is 204 g/mol. The summed E-state index contributed by atoms with van der Waals surface area (Å²) in [5, 5.41) is 27.9. The standard InChI is InChI=1S/C11H24O3/c1-3-6-10(13)9(2)11(14)7-4-5-8-12/h9-14H,3-8H2,1-2H3/t9-,10+,11-/m0/s1. The fourth-order valence-corrected chi connectivity index (χ4v) is 1.54. The second-order valence-corrected chi connectivity index (χ2v) is 4.00. The van der Waals surface area contributed by atoms with Crippen LogP contribution in [0, 0.1) is 5.92 Å². The second-order valence-electron chi connectivity index (χ2n) is 4.00. The van der Waals surface area contributed by atoms with Crippen LogP contribution in [0.1, 0.15) is 46.0 Å². The molecule has 0 spiro atoms. The Hall–Kier alpha value is -0.120. The Labute approximate surface area is 86.8 Å². The van der Waals surface area contributed by atoms with E-state index in [4.69, 9.17) is 5.11 Å². The molecule has 3 heteroatoms. The molecular weight excluding hydrogens is 180 g/mol. The van der Waals surface area contributed by atoms with Crippen molar-refractivity contribution in [1.82, 2.24) is 0 Å². The summed E-state index contributed by atoms with van der Waals surface area (Å²) < 4.78 is 0. The van der Waals surface area contributed by atoms with E-state index in [1.165, 1.54) is 0 Å². The highest BCUT2D eigenvalue weighted by Crippen LogP contribution is 2.17. The lowest BCUT2D eigenvalue weighted by Gasteiger charge is -2.23. The van der Waals surface area contributed by atoms with Crippen LogP contribution in [0.3, 0.4) is 0 Å². The molecular formula is C11H24O3. The third-order valence-electron chi connectivity index (χ3n) is 2.71. The second kappa shape index (κ2) is 8.21. The van der Waals surface area contributed by atoms with Gasteiger partial charge >= 0.3 is 0 Å². The first-order valence-electron chi connectivity index (χ1n) is 5.60. The zero-order valence-electron chi connectivity index (χ0n) is 9.32. The lowest BCUT2D eigenvalue weighted by atomic mass is 9.92. The van der Waals surface area contributed by atoms with Crippen LogP contribution in [0.4, 0.5) is 0 Å². The molecule has 0 fully saturated rings. The van der Waals surface area contributed by atoms with Gasteiger partial charge in [-0.05, 0) is 25.7 Å². The first kappa shape index (κ1) is 13.9. The van der Waals surface area contributed by atoms with E-state index >= 15 is 0 Å². The summed E-state index contributed by atoms with van der Waals surface area (Å²) >= 11 is 0. The van der Waals surface area contributed by atoms with E-state index in [2.05, 4.69) is 0 Å². The molecule has 0 aromatic heterocycles. The summed E-state index contributed by atoms with van der Waals surface area (Å²) in [6.45, 7) is 4.08. The van der Waals surface area contributed by atoms with Gasteiger partial charge in [0.15, 0.2) is 0 Å². The van der Waals surface area contributed by atoms with E-state index in [1.54, 1.807) is 0 Å². The molecule has 0 heterocycles. The van der Waals surface area contributed by atoms with E-state index in [0.29, 0.717) is 6.42 Å². The number of hydrogen-bond donors (Lipinski definition) is 3. The van der Waals surface area contributed by atoms with Crippen molar-refractivity contribution in [3.63, 3.8) is 0 Å². The lowest BCUT2D eigenvalue weighted by molar-refractivity contribution is 0.0119. The highest BCUT2D eigenvalue weighted by Gasteiger charge is 2.20. The summed E-state index contributed by atoms with van der Waals surface area (Å²) in [6.07, 6.45) is 3.07. The Morgan fingerprint density at radius 2 is 1.57 bits per heavy atom. The molecule has 0 aromatic carbocycles. The van der Waals surface area contributed by atoms with E-state index in [1.807, 2.05) is 13.8 Å². The zero-order valence-corrected chi connectivity index (χ0v) is 9.32. The highest BCUT2D eigenvalue weighted by atomic mass is 16.3. The third kappa shape index (κ3) is 5.58. The lowest BCUT2D eigenvalue weighted by Crippen LogP contribution is -2.29. The maximum atomic E-state index is 9.70. The van der Waals surface area contributed by atoms with Crippen LogP contribution in [-0.2, 0) is 0 Å². The normalized spacial score (nSPS) is 17.8. The average Bonchev–Trinajstić information content (AvgIpc) is 2.17. The van der Waals surface area contributed by atoms with Crippen LogP contribution in [-0.4, -0.2) is 34.1 Å². The van der Waals surface area contributed by atoms with Gasteiger partial charge in [0, 0.05) is 12.5 Å². The third-order valence-corrected chi connectivity index (χ3v) is 2.71. The molecule has 3 nitrogen and oxygen atoms in total. The van der Waals surface area contributed by atoms with E-state index in [9.17, 15) is 10.2 Å². The highest BCUT2D eigenvalue weighted by molar-refractivity contribution is 4.72. The minimum absolute atomic E-state index is 0.0614. The predicted molar refractivity (Wildman–Crippen MR) is 57.0 cm³/mol. The summed E-state index contributed by atoms with van der Waals surface area (Å²) in [5.74, 6) is -0.0614. The smallest absolute Gasteiger partial charge is 0.0590 e. The molecule has 0 saturated heterocycles. The first-order chi connectivity index (χ1) is 6.63. The number of rotatable bonds is 8. The van der Waals surface area contributed by atoms with Crippen LogP contribution < -0.4 is 0 Å². The van der Waals surface area contributed by atoms with Gasteiger partial charge in [0.25, 0.3) is 0 Å². The van der Waals surface area contributed by atoms with Gasteiger partial charge in [-0.25, -0.2) is 0 Å². The molecule has 0 bridgehead atoms. The van der Waals surface area contributed by atoms with Crippen LogP contribution in [0.2, 0.25) is 0 Å². The SMILES string of the molecule is CCC[C@@H](O)[C@H](C)[C@@H](O)CCCCO. The molecule has 14 heavy (non-hydrogen) atoms. The quantitative estimate of drug-likeness (QED) is 0.522. The van der Waals surface area contributed by atoms with Crippen LogP contribution in [0.25, 0.3) is 0 Å². The van der Waals surface area contributed by atoms with Crippen molar-refractivity contribution in [3.8, 4) is 0 Å². The van der Waals surface area contributed by atoms with Crippen molar-refractivity contribution in [2.45, 2.75) is 58.2 Å². The van der Waals surface area contributed by atoms with Gasteiger partial charge < -0.3 is 15.3 Å². The van der Waals surface area contributed by atoms with Gasteiger partial charge in [-0.2, -0.15) is 0 Å². The molecule has 0 aliphatic carbocycles. The van der Waals surface area contributed by atoms with Crippen molar-refractivity contribution in [1.29, 1.82) is 0 Å². The molecule has 0 radical (unpaired) electrons. The Bertz CT molecular complexity index is 128. The largest absolute Gasteiger partial charge is 0.396 e.